The first kappa shape index (κ1) is 25.4. The van der Waals surface area contributed by atoms with Crippen LogP contribution in [-0.2, 0) is 4.79 Å². The Kier molecular flexibility index (Phi) is 11.7. The maximum absolute atomic E-state index is 13.0. The molecular formula is C23H47NO2. The fraction of sp³-hybridized carbons (Fsp3) is 0.957. The molecule has 0 aliphatic carbocycles. The molecule has 1 amide bonds. The normalized spacial score (nSPS) is 20.3. The molecule has 0 heterocycles. The van der Waals surface area contributed by atoms with Gasteiger partial charge in [-0.1, -0.05) is 68.7 Å². The van der Waals surface area contributed by atoms with Gasteiger partial charge in [-0.3, -0.25) is 4.79 Å². The Balaban J connectivity index is 4.94. The maximum Gasteiger partial charge on any atom is 0.223 e. The summed E-state index contributed by atoms with van der Waals surface area (Å²) in [6.45, 7) is 21.6. The molecule has 156 valence electrons. The van der Waals surface area contributed by atoms with Gasteiger partial charge in [0.15, 0.2) is 0 Å². The Morgan fingerprint density at radius 1 is 0.808 bits per heavy atom. The molecule has 0 spiro atoms. The molecule has 0 rings (SSSR count). The van der Waals surface area contributed by atoms with Gasteiger partial charge in [0.05, 0.1) is 12.1 Å². The van der Waals surface area contributed by atoms with Crippen molar-refractivity contribution in [2.45, 2.75) is 101 Å². The molecule has 0 aliphatic rings. The topological polar surface area (TPSA) is 49.3 Å². The van der Waals surface area contributed by atoms with Crippen LogP contribution in [0.3, 0.4) is 0 Å². The molecule has 0 aromatic heterocycles. The van der Waals surface area contributed by atoms with Gasteiger partial charge in [-0.2, -0.15) is 0 Å². The van der Waals surface area contributed by atoms with Crippen LogP contribution in [0.4, 0.5) is 0 Å². The summed E-state index contributed by atoms with van der Waals surface area (Å²) in [6.07, 6.45) is 3.01. The van der Waals surface area contributed by atoms with Gasteiger partial charge in [0.1, 0.15) is 0 Å². The van der Waals surface area contributed by atoms with E-state index in [1.54, 1.807) is 6.92 Å². The molecule has 0 aromatic rings. The Bertz CT molecular complexity index is 384. The van der Waals surface area contributed by atoms with E-state index in [1.807, 2.05) is 13.8 Å². The van der Waals surface area contributed by atoms with E-state index < -0.39 is 6.10 Å². The van der Waals surface area contributed by atoms with Gasteiger partial charge in [-0.15, -0.1) is 0 Å². The molecule has 0 aromatic carbocycles. The second-order valence-electron chi connectivity index (χ2n) is 9.71. The summed E-state index contributed by atoms with van der Waals surface area (Å²) in [5.41, 5.74) is 0. The highest BCUT2D eigenvalue weighted by Crippen LogP contribution is 2.31. The zero-order valence-corrected chi connectivity index (χ0v) is 19.2. The van der Waals surface area contributed by atoms with Crippen LogP contribution in [0.15, 0.2) is 0 Å². The second kappa shape index (κ2) is 12.0. The van der Waals surface area contributed by atoms with Gasteiger partial charge in [0.2, 0.25) is 5.91 Å². The molecule has 0 saturated heterocycles. The molecule has 0 fully saturated rings. The number of carbonyl (C=O) groups excluding carboxylic acids is 1. The van der Waals surface area contributed by atoms with Gasteiger partial charge in [0, 0.05) is 5.92 Å². The van der Waals surface area contributed by atoms with Crippen LogP contribution in [0.2, 0.25) is 0 Å². The third-order valence-electron chi connectivity index (χ3n) is 6.34. The molecule has 0 saturated carbocycles. The molecule has 2 N–H and O–H groups in total. The largest absolute Gasteiger partial charge is 0.391 e. The van der Waals surface area contributed by atoms with E-state index >= 15 is 0 Å². The monoisotopic (exact) mass is 369 g/mol. The highest BCUT2D eigenvalue weighted by Gasteiger charge is 2.32. The van der Waals surface area contributed by atoms with E-state index in [2.05, 4.69) is 53.8 Å². The average Bonchev–Trinajstić information content (AvgIpc) is 2.50. The van der Waals surface area contributed by atoms with E-state index in [9.17, 15) is 9.90 Å². The third kappa shape index (κ3) is 8.41. The lowest BCUT2D eigenvalue weighted by Crippen LogP contribution is -2.49. The van der Waals surface area contributed by atoms with E-state index in [4.69, 9.17) is 0 Å². The molecule has 26 heavy (non-hydrogen) atoms. The van der Waals surface area contributed by atoms with Crippen molar-refractivity contribution >= 4 is 5.91 Å². The predicted molar refractivity (Wildman–Crippen MR) is 113 cm³/mol. The number of hydrogen-bond acceptors (Lipinski definition) is 2. The number of nitrogens with one attached hydrogen (secondary N) is 1. The molecule has 0 bridgehead atoms. The zero-order chi connectivity index (χ0) is 20.6. The van der Waals surface area contributed by atoms with Crippen molar-refractivity contribution in [2.75, 3.05) is 0 Å². The average molecular weight is 370 g/mol. The lowest BCUT2D eigenvalue weighted by atomic mass is 9.76. The fourth-order valence-electron chi connectivity index (χ4n) is 4.47. The fourth-order valence-corrected chi connectivity index (χ4v) is 4.47. The first-order chi connectivity index (χ1) is 11.9. The second-order valence-corrected chi connectivity index (χ2v) is 9.71. The van der Waals surface area contributed by atoms with Crippen molar-refractivity contribution in [1.82, 2.24) is 5.32 Å². The number of aliphatic hydroxyl groups excluding tert-OH is 1. The first-order valence-corrected chi connectivity index (χ1v) is 10.9. The minimum atomic E-state index is -0.530. The van der Waals surface area contributed by atoms with Crippen molar-refractivity contribution in [2.24, 2.45) is 41.4 Å². The minimum Gasteiger partial charge on any atom is -0.391 e. The number of hydrogen-bond donors (Lipinski definition) is 2. The Morgan fingerprint density at radius 3 is 1.69 bits per heavy atom. The molecule has 7 unspecified atom stereocenters. The molecule has 7 atom stereocenters. The van der Waals surface area contributed by atoms with E-state index in [0.717, 1.165) is 18.3 Å². The zero-order valence-electron chi connectivity index (χ0n) is 19.2. The summed E-state index contributed by atoms with van der Waals surface area (Å²) in [5.74, 6) is 3.08. The quantitative estimate of drug-likeness (QED) is 0.476. The van der Waals surface area contributed by atoms with Crippen LogP contribution < -0.4 is 5.32 Å². The van der Waals surface area contributed by atoms with Crippen molar-refractivity contribution in [3.05, 3.63) is 0 Å². The molecule has 3 nitrogen and oxygen atoms in total. The predicted octanol–water partition coefficient (Wildman–Crippen LogP) is 5.51. The Hall–Kier alpha value is -0.570. The van der Waals surface area contributed by atoms with Gasteiger partial charge < -0.3 is 10.4 Å². The van der Waals surface area contributed by atoms with E-state index in [-0.39, 0.29) is 23.8 Å². The highest BCUT2D eigenvalue weighted by atomic mass is 16.3. The van der Waals surface area contributed by atoms with Crippen molar-refractivity contribution in [3.63, 3.8) is 0 Å². The number of carbonyl (C=O) groups is 1. The summed E-state index contributed by atoms with van der Waals surface area (Å²) in [5, 5.41) is 13.1. The smallest absolute Gasteiger partial charge is 0.223 e. The van der Waals surface area contributed by atoms with Gasteiger partial charge >= 0.3 is 0 Å². The van der Waals surface area contributed by atoms with E-state index in [0.29, 0.717) is 17.8 Å². The van der Waals surface area contributed by atoms with Crippen LogP contribution >= 0.6 is 0 Å². The lowest BCUT2D eigenvalue weighted by Gasteiger charge is -2.33. The van der Waals surface area contributed by atoms with Crippen molar-refractivity contribution < 1.29 is 9.90 Å². The van der Waals surface area contributed by atoms with Gasteiger partial charge in [0.25, 0.3) is 0 Å². The van der Waals surface area contributed by atoms with Crippen LogP contribution in [0.5, 0.6) is 0 Å². The summed E-state index contributed by atoms with van der Waals surface area (Å²) < 4.78 is 0. The summed E-state index contributed by atoms with van der Waals surface area (Å²) in [6, 6.07) is -0.182. The van der Waals surface area contributed by atoms with E-state index in [1.165, 1.54) is 12.8 Å². The molecule has 3 heteroatoms. The minimum absolute atomic E-state index is 0.00338. The number of rotatable bonds is 12. The van der Waals surface area contributed by atoms with Crippen molar-refractivity contribution in [1.29, 1.82) is 0 Å². The number of amides is 1. The summed E-state index contributed by atoms with van der Waals surface area (Å²) >= 11 is 0. The van der Waals surface area contributed by atoms with Crippen LogP contribution in [0.25, 0.3) is 0 Å². The molecular weight excluding hydrogens is 322 g/mol. The van der Waals surface area contributed by atoms with Crippen LogP contribution in [0.1, 0.15) is 88.5 Å². The number of aliphatic hydroxyl groups is 1. The summed E-state index contributed by atoms with van der Waals surface area (Å²) in [7, 11) is 0. The summed E-state index contributed by atoms with van der Waals surface area (Å²) in [4.78, 5) is 13.0. The van der Waals surface area contributed by atoms with Crippen LogP contribution in [-0.4, -0.2) is 23.2 Å². The SMILES string of the molecule is CCC(C)C(C)CC(C)CC(C)C(C(=O)NC(C(C)C)C(C)O)C(C)C. The van der Waals surface area contributed by atoms with Gasteiger partial charge in [-0.25, -0.2) is 0 Å². The first-order valence-electron chi connectivity index (χ1n) is 10.9. The lowest BCUT2D eigenvalue weighted by molar-refractivity contribution is -0.130. The standard InChI is InChI=1S/C23H47NO2/c1-11-17(7)18(8)12-16(6)13-19(9)21(14(2)3)23(26)24-22(15(4)5)20(10)25/h14-22,25H,11-13H2,1-10H3,(H,24,26). The molecule has 0 radical (unpaired) electrons. The molecule has 0 aliphatic heterocycles. The maximum atomic E-state index is 13.0. The Labute approximate surface area is 163 Å². The van der Waals surface area contributed by atoms with Crippen LogP contribution in [0, 0.1) is 41.4 Å². The van der Waals surface area contributed by atoms with Crippen molar-refractivity contribution in [3.8, 4) is 0 Å². The van der Waals surface area contributed by atoms with Gasteiger partial charge in [-0.05, 0) is 55.3 Å². The highest BCUT2D eigenvalue weighted by molar-refractivity contribution is 5.79. The third-order valence-corrected chi connectivity index (χ3v) is 6.34. The Morgan fingerprint density at radius 2 is 1.31 bits per heavy atom.